The molecule has 136 valence electrons. The molecule has 0 aliphatic heterocycles. The number of amides is 1. The third-order valence-electron chi connectivity index (χ3n) is 3.92. The molecule has 0 fully saturated rings. The van der Waals surface area contributed by atoms with Gasteiger partial charge >= 0.3 is 0 Å². The number of carbonyl (C=O) groups is 1. The lowest BCUT2D eigenvalue weighted by Gasteiger charge is -2.12. The molecule has 26 heavy (non-hydrogen) atoms. The number of benzene rings is 1. The molecule has 0 bridgehead atoms. The third kappa shape index (κ3) is 4.05. The molecule has 0 saturated heterocycles. The van der Waals surface area contributed by atoms with E-state index in [0.717, 1.165) is 17.1 Å². The van der Waals surface area contributed by atoms with E-state index in [1.165, 1.54) is 0 Å². The number of rotatable bonds is 6. The van der Waals surface area contributed by atoms with Crippen LogP contribution in [0.1, 0.15) is 18.3 Å². The van der Waals surface area contributed by atoms with E-state index >= 15 is 0 Å². The number of para-hydroxylation sites is 1. The average Bonchev–Trinajstić information content (AvgIpc) is 3.16. The van der Waals surface area contributed by atoms with Crippen molar-refractivity contribution in [2.24, 2.45) is 7.05 Å². The summed E-state index contributed by atoms with van der Waals surface area (Å²) in [6.07, 6.45) is 0.907. The summed E-state index contributed by atoms with van der Waals surface area (Å²) in [5.41, 5.74) is 2.67. The van der Waals surface area contributed by atoms with Crippen molar-refractivity contribution in [3.05, 3.63) is 59.0 Å². The highest BCUT2D eigenvalue weighted by Gasteiger charge is 2.19. The topological polar surface area (TPSA) is 74.0 Å². The summed E-state index contributed by atoms with van der Waals surface area (Å²) < 4.78 is 9.00. The summed E-state index contributed by atoms with van der Waals surface area (Å²) in [7, 11) is 1.86. The molecule has 3 rings (SSSR count). The van der Waals surface area contributed by atoms with E-state index in [2.05, 4.69) is 15.5 Å². The van der Waals surface area contributed by atoms with E-state index in [-0.39, 0.29) is 11.8 Å². The maximum absolute atomic E-state index is 12.3. The van der Waals surface area contributed by atoms with Crippen molar-refractivity contribution < 1.29 is 9.53 Å². The second-order valence-corrected chi connectivity index (χ2v) is 6.35. The molecule has 1 atom stereocenters. The maximum atomic E-state index is 12.3. The lowest BCUT2D eigenvalue weighted by molar-refractivity contribution is -0.127. The fourth-order valence-electron chi connectivity index (χ4n) is 2.39. The number of hydrogen-bond donors (Lipinski definition) is 1. The lowest BCUT2D eigenvalue weighted by atomic mass is 10.3. The zero-order chi connectivity index (χ0) is 18.7. The highest BCUT2D eigenvalue weighted by atomic mass is 35.5. The molecule has 0 spiro atoms. The van der Waals surface area contributed by atoms with E-state index in [4.69, 9.17) is 16.3 Å². The van der Waals surface area contributed by atoms with Gasteiger partial charge in [-0.15, -0.1) is 5.10 Å². The molecule has 3 aromatic rings. The van der Waals surface area contributed by atoms with Gasteiger partial charge in [0.25, 0.3) is 11.8 Å². The molecule has 1 N–H and O–H groups in total. The van der Waals surface area contributed by atoms with Crippen molar-refractivity contribution in [2.75, 3.05) is 0 Å². The fourth-order valence-corrected chi connectivity index (χ4v) is 2.57. The molecule has 0 unspecified atom stereocenters. The largest absolute Gasteiger partial charge is 0.462 e. The number of carbonyl (C=O) groups excluding carboxylic acids is 1. The second-order valence-electron chi connectivity index (χ2n) is 5.94. The minimum atomic E-state index is -0.739. The average molecular weight is 374 g/mol. The molecule has 1 aromatic carbocycles. The van der Waals surface area contributed by atoms with Crippen LogP contribution in [-0.4, -0.2) is 31.6 Å². The molecular formula is C18H20ClN5O2. The Hall–Kier alpha value is -2.80. The standard InChI is InChI=1S/C18H20ClN5O2/c1-12-9-14(21-23(12)3)10-20-17(25)13(2)26-18-16(19)11-24(22-18)15-7-5-4-6-8-15/h4-9,11,13H,10H2,1-3H3,(H,20,25)/t13-/m1/s1. The monoisotopic (exact) mass is 373 g/mol. The molecule has 0 radical (unpaired) electrons. The number of ether oxygens (including phenoxy) is 1. The van der Waals surface area contributed by atoms with E-state index in [0.29, 0.717) is 11.6 Å². The summed E-state index contributed by atoms with van der Waals surface area (Å²) in [6, 6.07) is 11.4. The van der Waals surface area contributed by atoms with Crippen LogP contribution >= 0.6 is 11.6 Å². The number of nitrogens with zero attached hydrogens (tertiary/aromatic N) is 4. The van der Waals surface area contributed by atoms with Crippen LogP contribution in [0.4, 0.5) is 0 Å². The Morgan fingerprint density at radius 1 is 1.31 bits per heavy atom. The summed E-state index contributed by atoms with van der Waals surface area (Å²) in [4.78, 5) is 12.3. The highest BCUT2D eigenvalue weighted by molar-refractivity contribution is 6.31. The van der Waals surface area contributed by atoms with Crippen LogP contribution in [-0.2, 0) is 18.4 Å². The Morgan fingerprint density at radius 3 is 2.69 bits per heavy atom. The van der Waals surface area contributed by atoms with Crippen LogP contribution in [0.2, 0.25) is 5.02 Å². The molecular weight excluding hydrogens is 354 g/mol. The minimum Gasteiger partial charge on any atom is -0.462 e. The van der Waals surface area contributed by atoms with E-state index in [9.17, 15) is 4.79 Å². The van der Waals surface area contributed by atoms with Gasteiger partial charge in [-0.25, -0.2) is 4.68 Å². The number of hydrogen-bond acceptors (Lipinski definition) is 4. The Labute approximate surface area is 156 Å². The predicted octanol–water partition coefficient (Wildman–Crippen LogP) is 2.65. The quantitative estimate of drug-likeness (QED) is 0.720. The Balaban J connectivity index is 1.61. The first-order valence-corrected chi connectivity index (χ1v) is 8.56. The molecule has 7 nitrogen and oxygen atoms in total. The van der Waals surface area contributed by atoms with Gasteiger partial charge in [-0.1, -0.05) is 29.8 Å². The first-order valence-electron chi connectivity index (χ1n) is 8.18. The molecule has 2 aromatic heterocycles. The number of nitrogens with one attached hydrogen (secondary N) is 1. The van der Waals surface area contributed by atoms with Crippen LogP contribution in [0.15, 0.2) is 42.6 Å². The smallest absolute Gasteiger partial charge is 0.261 e. The van der Waals surface area contributed by atoms with Gasteiger partial charge in [0, 0.05) is 12.7 Å². The van der Waals surface area contributed by atoms with Crippen molar-refractivity contribution in [1.29, 1.82) is 0 Å². The predicted molar refractivity (Wildman–Crippen MR) is 98.5 cm³/mol. The molecule has 0 aliphatic carbocycles. The molecule has 0 aliphatic rings. The zero-order valence-corrected chi connectivity index (χ0v) is 15.6. The summed E-state index contributed by atoms with van der Waals surface area (Å²) in [6.45, 7) is 3.94. The van der Waals surface area contributed by atoms with Gasteiger partial charge in [-0.2, -0.15) is 5.10 Å². The van der Waals surface area contributed by atoms with Crippen molar-refractivity contribution in [2.45, 2.75) is 26.5 Å². The molecule has 0 saturated carbocycles. The summed E-state index contributed by atoms with van der Waals surface area (Å²) in [5, 5.41) is 11.7. The minimum absolute atomic E-state index is 0.215. The number of halogens is 1. The number of aromatic nitrogens is 4. The van der Waals surface area contributed by atoms with Crippen molar-refractivity contribution in [1.82, 2.24) is 24.9 Å². The van der Waals surface area contributed by atoms with E-state index < -0.39 is 6.10 Å². The third-order valence-corrected chi connectivity index (χ3v) is 4.18. The normalized spacial score (nSPS) is 12.0. The molecule has 8 heteroatoms. The zero-order valence-electron chi connectivity index (χ0n) is 14.8. The van der Waals surface area contributed by atoms with Crippen LogP contribution in [0, 0.1) is 6.92 Å². The lowest BCUT2D eigenvalue weighted by Crippen LogP contribution is -2.36. The highest BCUT2D eigenvalue weighted by Crippen LogP contribution is 2.25. The SMILES string of the molecule is Cc1cc(CNC(=O)[C@@H](C)Oc2nn(-c3ccccc3)cc2Cl)nn1C. The van der Waals surface area contributed by atoms with Crippen molar-refractivity contribution in [3.8, 4) is 11.6 Å². The van der Waals surface area contributed by atoms with E-state index in [1.807, 2.05) is 50.4 Å². The Kier molecular flexibility index (Phi) is 5.27. The number of aryl methyl sites for hydroxylation is 2. The van der Waals surface area contributed by atoms with Crippen LogP contribution < -0.4 is 10.1 Å². The maximum Gasteiger partial charge on any atom is 0.261 e. The van der Waals surface area contributed by atoms with Gasteiger partial charge in [0.15, 0.2) is 6.10 Å². The second kappa shape index (κ2) is 7.61. The van der Waals surface area contributed by atoms with Gasteiger partial charge in [0.1, 0.15) is 5.02 Å². The first kappa shape index (κ1) is 18.0. The van der Waals surface area contributed by atoms with Crippen molar-refractivity contribution >= 4 is 17.5 Å². The van der Waals surface area contributed by atoms with Crippen LogP contribution in [0.3, 0.4) is 0 Å². The Morgan fingerprint density at radius 2 is 2.04 bits per heavy atom. The van der Waals surface area contributed by atoms with Gasteiger partial charge in [0.05, 0.1) is 24.1 Å². The summed E-state index contributed by atoms with van der Waals surface area (Å²) >= 11 is 6.18. The fraction of sp³-hybridized carbons (Fsp3) is 0.278. The Bertz CT molecular complexity index is 884. The molecule has 2 heterocycles. The summed E-state index contributed by atoms with van der Waals surface area (Å²) in [5.74, 6) is -0.0505. The first-order chi connectivity index (χ1) is 12.4. The molecule has 1 amide bonds. The van der Waals surface area contributed by atoms with Gasteiger partial charge < -0.3 is 10.1 Å². The van der Waals surface area contributed by atoms with Crippen LogP contribution in [0.5, 0.6) is 5.88 Å². The van der Waals surface area contributed by atoms with Gasteiger partial charge in [-0.3, -0.25) is 9.48 Å². The van der Waals surface area contributed by atoms with Gasteiger partial charge in [0.2, 0.25) is 0 Å². The van der Waals surface area contributed by atoms with E-state index in [1.54, 1.807) is 22.5 Å². The van der Waals surface area contributed by atoms with Gasteiger partial charge in [-0.05, 0) is 32.0 Å². The van der Waals surface area contributed by atoms with Crippen molar-refractivity contribution in [3.63, 3.8) is 0 Å². The van der Waals surface area contributed by atoms with Crippen LogP contribution in [0.25, 0.3) is 5.69 Å².